The lowest BCUT2D eigenvalue weighted by Gasteiger charge is -2.28. The number of allylic oxidation sites excluding steroid dienone is 1. The molecule has 4 nitrogen and oxygen atoms in total. The quantitative estimate of drug-likeness (QED) is 0.539. The molecule has 0 aliphatic carbocycles. The second kappa shape index (κ2) is 3.60. The highest BCUT2D eigenvalue weighted by Crippen LogP contribution is 2.10. The molecule has 0 saturated carbocycles. The molecule has 0 aromatic rings. The Balaban J connectivity index is 2.47. The molecule has 0 radical (unpaired) electrons. The molecule has 0 aromatic heterocycles. The molecule has 0 spiro atoms. The van der Waals surface area contributed by atoms with Crippen molar-refractivity contribution in [2.24, 2.45) is 11.5 Å². The highest BCUT2D eigenvalue weighted by Gasteiger charge is 2.21. The number of dihydropyridines is 1. The van der Waals surface area contributed by atoms with Crippen molar-refractivity contribution in [1.82, 2.24) is 5.32 Å². The molecule has 1 aliphatic rings. The van der Waals surface area contributed by atoms with Crippen LogP contribution in [0, 0.1) is 0 Å². The van der Waals surface area contributed by atoms with Crippen LogP contribution in [0.3, 0.4) is 0 Å². The van der Waals surface area contributed by atoms with E-state index in [1.54, 1.807) is 19.4 Å². The Morgan fingerprint density at radius 1 is 1.67 bits per heavy atom. The zero-order chi connectivity index (χ0) is 9.03. The molecule has 68 valence electrons. The van der Waals surface area contributed by atoms with E-state index in [-0.39, 0.29) is 0 Å². The average Bonchev–Trinajstić information content (AvgIpc) is 2.08. The van der Waals surface area contributed by atoms with Crippen molar-refractivity contribution in [3.05, 3.63) is 24.0 Å². The minimum absolute atomic E-state index is 0.501. The van der Waals surface area contributed by atoms with Crippen molar-refractivity contribution in [1.29, 1.82) is 0 Å². The molecule has 1 atom stereocenters. The van der Waals surface area contributed by atoms with Crippen LogP contribution < -0.4 is 16.8 Å². The molecule has 12 heavy (non-hydrogen) atoms. The second-order valence-electron chi connectivity index (χ2n) is 2.91. The van der Waals surface area contributed by atoms with Gasteiger partial charge in [0.2, 0.25) is 0 Å². The first-order valence-corrected chi connectivity index (χ1v) is 3.87. The summed E-state index contributed by atoms with van der Waals surface area (Å²) in [6, 6.07) is 0. The third-order valence-corrected chi connectivity index (χ3v) is 1.80. The first-order chi connectivity index (χ1) is 5.66. The van der Waals surface area contributed by atoms with E-state index >= 15 is 0 Å². The van der Waals surface area contributed by atoms with Crippen LogP contribution in [0.4, 0.5) is 0 Å². The van der Waals surface area contributed by atoms with E-state index < -0.39 is 5.66 Å². The number of nitrogens with one attached hydrogen (secondary N) is 1. The lowest BCUT2D eigenvalue weighted by molar-refractivity contribution is 0.173. The Morgan fingerprint density at radius 2 is 2.42 bits per heavy atom. The molecule has 0 aromatic carbocycles. The van der Waals surface area contributed by atoms with Gasteiger partial charge in [0.1, 0.15) is 5.66 Å². The Hall–Kier alpha value is -1.00. The van der Waals surface area contributed by atoms with Gasteiger partial charge in [0.25, 0.3) is 0 Å². The maximum Gasteiger partial charge on any atom is 0.107 e. The van der Waals surface area contributed by atoms with Crippen LogP contribution in [0.2, 0.25) is 0 Å². The largest absolute Gasteiger partial charge is 0.398 e. The number of ether oxygens (including phenoxy) is 1. The predicted molar refractivity (Wildman–Crippen MR) is 48.0 cm³/mol. The molecular formula is C8H15N3O. The summed E-state index contributed by atoms with van der Waals surface area (Å²) in [5, 5.41) is 3.00. The lowest BCUT2D eigenvalue weighted by Crippen LogP contribution is -2.51. The van der Waals surface area contributed by atoms with E-state index in [1.165, 1.54) is 0 Å². The van der Waals surface area contributed by atoms with Gasteiger partial charge in [-0.25, -0.2) is 0 Å². The smallest absolute Gasteiger partial charge is 0.107 e. The molecule has 0 bridgehead atoms. The number of methoxy groups -OCH3 is 1. The molecule has 1 unspecified atom stereocenters. The molecule has 5 N–H and O–H groups in total. The van der Waals surface area contributed by atoms with Gasteiger partial charge in [0.05, 0.1) is 6.61 Å². The third kappa shape index (κ3) is 2.25. The van der Waals surface area contributed by atoms with Crippen molar-refractivity contribution in [2.75, 3.05) is 13.7 Å². The van der Waals surface area contributed by atoms with Crippen molar-refractivity contribution in [3.63, 3.8) is 0 Å². The molecule has 0 amide bonds. The lowest BCUT2D eigenvalue weighted by atomic mass is 10.0. The van der Waals surface area contributed by atoms with Crippen LogP contribution in [0.5, 0.6) is 0 Å². The Kier molecular flexibility index (Phi) is 2.73. The van der Waals surface area contributed by atoms with Crippen molar-refractivity contribution in [3.8, 4) is 0 Å². The van der Waals surface area contributed by atoms with Gasteiger partial charge in [-0.05, 0) is 12.2 Å². The van der Waals surface area contributed by atoms with Crippen molar-refractivity contribution < 1.29 is 4.74 Å². The summed E-state index contributed by atoms with van der Waals surface area (Å²) < 4.78 is 4.93. The van der Waals surface area contributed by atoms with Crippen molar-refractivity contribution in [2.45, 2.75) is 12.1 Å². The van der Waals surface area contributed by atoms with Crippen LogP contribution >= 0.6 is 0 Å². The highest BCUT2D eigenvalue weighted by molar-refractivity contribution is 5.24. The van der Waals surface area contributed by atoms with Gasteiger partial charge in [0, 0.05) is 25.4 Å². The molecule has 4 heteroatoms. The fraction of sp³-hybridized carbons (Fsp3) is 0.500. The van der Waals surface area contributed by atoms with E-state index in [1.807, 2.05) is 6.08 Å². The molecule has 0 fully saturated rings. The Labute approximate surface area is 72.3 Å². The molecular weight excluding hydrogens is 154 g/mol. The topological polar surface area (TPSA) is 73.3 Å². The van der Waals surface area contributed by atoms with E-state index in [0.717, 1.165) is 6.42 Å². The summed E-state index contributed by atoms with van der Waals surface area (Å²) >= 11 is 0. The Morgan fingerprint density at radius 3 is 2.92 bits per heavy atom. The maximum absolute atomic E-state index is 5.93. The summed E-state index contributed by atoms with van der Waals surface area (Å²) in [5.41, 5.74) is 11.6. The molecule has 1 rings (SSSR count). The third-order valence-electron chi connectivity index (χ3n) is 1.80. The van der Waals surface area contributed by atoms with E-state index in [0.29, 0.717) is 12.3 Å². The van der Waals surface area contributed by atoms with E-state index in [4.69, 9.17) is 16.2 Å². The molecule has 0 saturated heterocycles. The van der Waals surface area contributed by atoms with E-state index in [2.05, 4.69) is 5.32 Å². The monoisotopic (exact) mass is 169 g/mol. The van der Waals surface area contributed by atoms with Gasteiger partial charge in [-0.2, -0.15) is 0 Å². The van der Waals surface area contributed by atoms with Crippen molar-refractivity contribution >= 4 is 0 Å². The van der Waals surface area contributed by atoms with Crippen LogP contribution in [0.15, 0.2) is 24.0 Å². The Bertz CT molecular complexity index is 212. The second-order valence-corrected chi connectivity index (χ2v) is 2.91. The number of hydrogen-bond donors (Lipinski definition) is 3. The normalized spacial score (nSPS) is 28.0. The summed E-state index contributed by atoms with van der Waals surface area (Å²) in [5.74, 6) is 0. The fourth-order valence-corrected chi connectivity index (χ4v) is 0.985. The summed E-state index contributed by atoms with van der Waals surface area (Å²) in [6.07, 6.45) is 6.08. The van der Waals surface area contributed by atoms with Crippen LogP contribution in [-0.2, 0) is 4.74 Å². The first-order valence-electron chi connectivity index (χ1n) is 3.87. The zero-order valence-electron chi connectivity index (χ0n) is 7.21. The summed E-state index contributed by atoms with van der Waals surface area (Å²) in [6.45, 7) is 0.627. The van der Waals surface area contributed by atoms with Gasteiger partial charge < -0.3 is 21.5 Å². The molecule has 1 heterocycles. The van der Waals surface area contributed by atoms with Gasteiger partial charge in [-0.1, -0.05) is 0 Å². The molecule has 1 aliphatic heterocycles. The minimum Gasteiger partial charge on any atom is -0.398 e. The van der Waals surface area contributed by atoms with Crippen LogP contribution in [0.25, 0.3) is 0 Å². The highest BCUT2D eigenvalue weighted by atomic mass is 16.5. The van der Waals surface area contributed by atoms with Crippen LogP contribution in [-0.4, -0.2) is 19.4 Å². The SMILES string of the molecule is COCCC1(N)C=CC(N)=CN1. The van der Waals surface area contributed by atoms with Gasteiger partial charge in [-0.3, -0.25) is 0 Å². The van der Waals surface area contributed by atoms with Gasteiger partial charge in [0.15, 0.2) is 0 Å². The van der Waals surface area contributed by atoms with Crippen LogP contribution in [0.1, 0.15) is 6.42 Å². The average molecular weight is 169 g/mol. The summed E-state index contributed by atoms with van der Waals surface area (Å²) in [7, 11) is 1.65. The minimum atomic E-state index is -0.501. The van der Waals surface area contributed by atoms with Gasteiger partial charge in [-0.15, -0.1) is 0 Å². The van der Waals surface area contributed by atoms with Gasteiger partial charge >= 0.3 is 0 Å². The maximum atomic E-state index is 5.93. The predicted octanol–water partition coefficient (Wildman–Crippen LogP) is -0.363. The number of hydrogen-bond acceptors (Lipinski definition) is 4. The van der Waals surface area contributed by atoms with E-state index in [9.17, 15) is 0 Å². The fourth-order valence-electron chi connectivity index (χ4n) is 0.985. The zero-order valence-corrected chi connectivity index (χ0v) is 7.21. The number of rotatable bonds is 3. The summed E-state index contributed by atoms with van der Waals surface area (Å²) in [4.78, 5) is 0. The first kappa shape index (κ1) is 9.09. The standard InChI is InChI=1S/C8H15N3O/c1-12-5-4-8(10)3-2-7(9)6-11-8/h2-3,6,11H,4-5,9-10H2,1H3. The number of nitrogens with two attached hydrogens (primary N) is 2.